The van der Waals surface area contributed by atoms with Crippen molar-refractivity contribution in [2.75, 3.05) is 7.11 Å². The van der Waals surface area contributed by atoms with Crippen LogP contribution in [0.1, 0.15) is 43.5 Å². The van der Waals surface area contributed by atoms with Crippen molar-refractivity contribution in [3.63, 3.8) is 0 Å². The Bertz CT molecular complexity index is 371. The molecule has 0 atom stereocenters. The molecule has 0 saturated carbocycles. The molecular formula is C14H19ClO3. The highest BCUT2D eigenvalue weighted by Crippen LogP contribution is 2.12. The molecule has 0 fully saturated rings. The van der Waals surface area contributed by atoms with Crippen LogP contribution in [0.5, 0.6) is 0 Å². The second-order valence-electron chi connectivity index (χ2n) is 3.36. The van der Waals surface area contributed by atoms with Crippen molar-refractivity contribution in [3.8, 4) is 0 Å². The first-order valence-electron chi connectivity index (χ1n) is 5.99. The molecule has 1 aromatic rings. The van der Waals surface area contributed by atoms with Gasteiger partial charge in [0.2, 0.25) is 0 Å². The Morgan fingerprint density at radius 1 is 1.11 bits per heavy atom. The third kappa shape index (κ3) is 6.40. The third-order valence-electron chi connectivity index (χ3n) is 2.18. The summed E-state index contributed by atoms with van der Waals surface area (Å²) in [6.45, 7) is 4.00. The Hall–Kier alpha value is -1.35. The summed E-state index contributed by atoms with van der Waals surface area (Å²) in [5.74, 6) is -0.274. The van der Waals surface area contributed by atoms with Gasteiger partial charge in [0.1, 0.15) is 0 Å². The maximum atomic E-state index is 11.6. The first-order valence-corrected chi connectivity index (χ1v) is 6.37. The van der Waals surface area contributed by atoms with Crippen LogP contribution in [0.15, 0.2) is 24.3 Å². The second-order valence-corrected chi connectivity index (χ2v) is 3.80. The van der Waals surface area contributed by atoms with Gasteiger partial charge in [0.25, 0.3) is 0 Å². The molecule has 0 heterocycles. The quantitative estimate of drug-likeness (QED) is 0.602. The minimum absolute atomic E-state index is 0.0144. The fraction of sp³-hybridized carbons (Fsp3) is 0.429. The predicted molar refractivity (Wildman–Crippen MR) is 73.0 cm³/mol. The van der Waals surface area contributed by atoms with E-state index < -0.39 is 0 Å². The number of esters is 1. The Morgan fingerprint density at radius 2 is 1.67 bits per heavy atom. The van der Waals surface area contributed by atoms with Crippen LogP contribution in [0.2, 0.25) is 5.02 Å². The van der Waals surface area contributed by atoms with Crippen LogP contribution in [0.3, 0.4) is 0 Å². The summed E-state index contributed by atoms with van der Waals surface area (Å²) in [6.07, 6.45) is 1.13. The number of ketones is 1. The second kappa shape index (κ2) is 9.66. The molecule has 0 amide bonds. The average Bonchev–Trinajstić information content (AvgIpc) is 2.41. The normalized spacial score (nSPS) is 9.11. The van der Waals surface area contributed by atoms with Crippen LogP contribution in [-0.2, 0) is 9.53 Å². The molecule has 4 heteroatoms. The summed E-state index contributed by atoms with van der Waals surface area (Å²) >= 11 is 5.71. The van der Waals surface area contributed by atoms with Gasteiger partial charge in [-0.1, -0.05) is 25.4 Å². The van der Waals surface area contributed by atoms with Crippen LogP contribution in [-0.4, -0.2) is 18.9 Å². The van der Waals surface area contributed by atoms with Gasteiger partial charge in [0, 0.05) is 23.4 Å². The summed E-state index contributed by atoms with van der Waals surface area (Å²) in [7, 11) is 1.34. The van der Waals surface area contributed by atoms with Gasteiger partial charge in [-0.25, -0.2) is 0 Å². The summed E-state index contributed by atoms with van der Waals surface area (Å²) in [4.78, 5) is 22.5. The van der Waals surface area contributed by atoms with Crippen LogP contribution in [0, 0.1) is 0 Å². The number of halogens is 1. The zero-order valence-electron chi connectivity index (χ0n) is 11.0. The first-order chi connectivity index (χ1) is 8.63. The number of ether oxygens (including phenoxy) is 1. The van der Waals surface area contributed by atoms with E-state index in [1.807, 2.05) is 13.8 Å². The van der Waals surface area contributed by atoms with Crippen molar-refractivity contribution < 1.29 is 14.3 Å². The Kier molecular flexibility index (Phi) is 8.93. The van der Waals surface area contributed by atoms with Crippen LogP contribution in [0.4, 0.5) is 0 Å². The van der Waals surface area contributed by atoms with E-state index in [-0.39, 0.29) is 18.2 Å². The molecule has 100 valence electrons. The van der Waals surface area contributed by atoms with Crippen molar-refractivity contribution in [1.29, 1.82) is 0 Å². The van der Waals surface area contributed by atoms with E-state index in [1.54, 1.807) is 24.3 Å². The summed E-state index contributed by atoms with van der Waals surface area (Å²) in [6, 6.07) is 6.72. The van der Waals surface area contributed by atoms with E-state index in [4.69, 9.17) is 11.6 Å². The van der Waals surface area contributed by atoms with Gasteiger partial charge in [-0.2, -0.15) is 0 Å². The number of hydrogen-bond donors (Lipinski definition) is 0. The molecule has 0 aliphatic heterocycles. The number of methoxy groups -OCH3 is 1. The minimum atomic E-state index is -0.288. The zero-order chi connectivity index (χ0) is 14.0. The van der Waals surface area contributed by atoms with Gasteiger partial charge in [0.15, 0.2) is 5.78 Å². The van der Waals surface area contributed by atoms with E-state index >= 15 is 0 Å². The molecule has 0 spiro atoms. The molecule has 0 aliphatic rings. The number of carbonyl (C=O) groups is 2. The predicted octanol–water partition coefficient (Wildman–Crippen LogP) is 3.89. The number of rotatable bonds is 5. The van der Waals surface area contributed by atoms with E-state index in [0.29, 0.717) is 23.4 Å². The lowest BCUT2D eigenvalue weighted by Crippen LogP contribution is -2.03. The molecule has 0 N–H and O–H groups in total. The van der Waals surface area contributed by atoms with E-state index in [9.17, 15) is 9.59 Å². The van der Waals surface area contributed by atoms with Crippen molar-refractivity contribution >= 4 is 23.4 Å². The van der Waals surface area contributed by atoms with Crippen molar-refractivity contribution in [2.24, 2.45) is 0 Å². The SMILES string of the molecule is CC.COC(=O)CCCC(=O)c1ccc(Cl)cc1. The largest absolute Gasteiger partial charge is 0.469 e. The number of benzene rings is 1. The van der Waals surface area contributed by atoms with Gasteiger partial charge in [0.05, 0.1) is 7.11 Å². The molecule has 0 bridgehead atoms. The Morgan fingerprint density at radius 3 is 2.17 bits per heavy atom. The summed E-state index contributed by atoms with van der Waals surface area (Å²) < 4.78 is 4.49. The maximum absolute atomic E-state index is 11.6. The molecule has 0 saturated heterocycles. The molecule has 3 nitrogen and oxygen atoms in total. The smallest absolute Gasteiger partial charge is 0.305 e. The highest BCUT2D eigenvalue weighted by Gasteiger charge is 2.07. The van der Waals surface area contributed by atoms with Crippen LogP contribution in [0.25, 0.3) is 0 Å². The highest BCUT2D eigenvalue weighted by molar-refractivity contribution is 6.30. The van der Waals surface area contributed by atoms with E-state index in [2.05, 4.69) is 4.74 Å². The number of carbonyl (C=O) groups excluding carboxylic acids is 2. The lowest BCUT2D eigenvalue weighted by Gasteiger charge is -2.01. The molecule has 0 aromatic heterocycles. The molecule has 0 radical (unpaired) electrons. The van der Waals surface area contributed by atoms with Crippen LogP contribution >= 0.6 is 11.6 Å². The molecule has 1 rings (SSSR count). The minimum Gasteiger partial charge on any atom is -0.469 e. The topological polar surface area (TPSA) is 43.4 Å². The molecule has 0 unspecified atom stereocenters. The van der Waals surface area contributed by atoms with Crippen molar-refractivity contribution in [3.05, 3.63) is 34.9 Å². The summed E-state index contributed by atoms with van der Waals surface area (Å²) in [5.41, 5.74) is 0.620. The molecule has 0 aliphatic carbocycles. The van der Waals surface area contributed by atoms with Crippen molar-refractivity contribution in [1.82, 2.24) is 0 Å². The standard InChI is InChI=1S/C12H13ClO3.C2H6/c1-16-12(15)4-2-3-11(14)9-5-7-10(13)8-6-9;1-2/h5-8H,2-4H2,1H3;1-2H3. The molecule has 18 heavy (non-hydrogen) atoms. The van der Waals surface area contributed by atoms with Crippen LogP contribution < -0.4 is 0 Å². The van der Waals surface area contributed by atoms with Gasteiger partial charge in [-0.3, -0.25) is 9.59 Å². The summed E-state index contributed by atoms with van der Waals surface area (Å²) in [5, 5.41) is 0.603. The maximum Gasteiger partial charge on any atom is 0.305 e. The number of Topliss-reactive ketones (excluding diaryl/α,β-unsaturated/α-hetero) is 1. The fourth-order valence-corrected chi connectivity index (χ4v) is 1.40. The third-order valence-corrected chi connectivity index (χ3v) is 2.43. The van der Waals surface area contributed by atoms with E-state index in [1.165, 1.54) is 7.11 Å². The zero-order valence-corrected chi connectivity index (χ0v) is 11.8. The monoisotopic (exact) mass is 270 g/mol. The van der Waals surface area contributed by atoms with Gasteiger partial charge >= 0.3 is 5.97 Å². The lowest BCUT2D eigenvalue weighted by molar-refractivity contribution is -0.140. The Balaban J connectivity index is 0.00000137. The molecular weight excluding hydrogens is 252 g/mol. The Labute approximate surface area is 113 Å². The first kappa shape index (κ1) is 16.6. The van der Waals surface area contributed by atoms with Gasteiger partial charge < -0.3 is 4.74 Å². The number of hydrogen-bond acceptors (Lipinski definition) is 3. The fourth-order valence-electron chi connectivity index (χ4n) is 1.28. The van der Waals surface area contributed by atoms with Crippen molar-refractivity contribution in [2.45, 2.75) is 33.1 Å². The highest BCUT2D eigenvalue weighted by atomic mass is 35.5. The lowest BCUT2D eigenvalue weighted by atomic mass is 10.1. The van der Waals surface area contributed by atoms with E-state index in [0.717, 1.165) is 0 Å². The van der Waals surface area contributed by atoms with Gasteiger partial charge in [-0.15, -0.1) is 0 Å². The molecule has 1 aromatic carbocycles. The van der Waals surface area contributed by atoms with Gasteiger partial charge in [-0.05, 0) is 30.7 Å². The average molecular weight is 271 g/mol.